The van der Waals surface area contributed by atoms with E-state index in [1.165, 1.54) is 0 Å². The van der Waals surface area contributed by atoms with Gasteiger partial charge in [0.05, 0.1) is 17.8 Å². The van der Waals surface area contributed by atoms with Crippen LogP contribution in [0.1, 0.15) is 34.1 Å². The van der Waals surface area contributed by atoms with Gasteiger partial charge in [-0.2, -0.15) is 0 Å². The lowest BCUT2D eigenvalue weighted by Gasteiger charge is -2.32. The molecular formula is C17H24BNO4. The molecule has 0 bridgehead atoms. The molecule has 0 unspecified atom stereocenters. The summed E-state index contributed by atoms with van der Waals surface area (Å²) in [5.74, 6) is 1.16. The van der Waals surface area contributed by atoms with E-state index in [0.29, 0.717) is 19.6 Å². The third-order valence-corrected chi connectivity index (χ3v) is 4.95. The molecule has 1 atom stereocenters. The first-order valence-electron chi connectivity index (χ1n) is 8.12. The van der Waals surface area contributed by atoms with Crippen molar-refractivity contribution in [3.05, 3.63) is 24.3 Å². The zero-order chi connectivity index (χ0) is 16.7. The van der Waals surface area contributed by atoms with Gasteiger partial charge in [-0.05, 0) is 45.3 Å². The monoisotopic (exact) mass is 317 g/mol. The van der Waals surface area contributed by atoms with Crippen molar-refractivity contribution in [1.82, 2.24) is 5.32 Å². The van der Waals surface area contributed by atoms with Crippen LogP contribution in [0, 0.1) is 5.92 Å². The summed E-state index contributed by atoms with van der Waals surface area (Å²) in [6, 6.07) is 7.78. The Kier molecular flexibility index (Phi) is 4.15. The topological polar surface area (TPSA) is 56.8 Å². The minimum atomic E-state index is -0.356. The number of benzene rings is 1. The molecule has 124 valence electrons. The Balaban J connectivity index is 1.58. The van der Waals surface area contributed by atoms with Crippen LogP contribution in [-0.4, -0.2) is 37.4 Å². The molecule has 2 aliphatic heterocycles. The smallest absolute Gasteiger partial charge is 0.493 e. The first kappa shape index (κ1) is 16.3. The van der Waals surface area contributed by atoms with Crippen LogP contribution in [0.25, 0.3) is 0 Å². The molecule has 0 aromatic heterocycles. The molecule has 2 heterocycles. The molecule has 6 heteroatoms. The highest BCUT2D eigenvalue weighted by Crippen LogP contribution is 2.36. The van der Waals surface area contributed by atoms with Crippen LogP contribution >= 0.6 is 0 Å². The Labute approximate surface area is 137 Å². The molecule has 0 aliphatic carbocycles. The van der Waals surface area contributed by atoms with Crippen LogP contribution in [0.2, 0.25) is 0 Å². The number of nitrogens with one attached hydrogen (secondary N) is 1. The summed E-state index contributed by atoms with van der Waals surface area (Å²) in [5, 5.41) is 2.82. The van der Waals surface area contributed by atoms with E-state index in [1.807, 2.05) is 52.0 Å². The van der Waals surface area contributed by atoms with Gasteiger partial charge in [0.25, 0.3) is 0 Å². The number of ether oxygens (including phenoxy) is 1. The van der Waals surface area contributed by atoms with Gasteiger partial charge in [-0.25, -0.2) is 0 Å². The second-order valence-corrected chi connectivity index (χ2v) is 7.34. The van der Waals surface area contributed by atoms with Gasteiger partial charge in [0.1, 0.15) is 5.75 Å². The number of hydrogen-bond donors (Lipinski definition) is 1. The molecule has 2 aliphatic rings. The highest BCUT2D eigenvalue weighted by atomic mass is 16.7. The Morgan fingerprint density at radius 2 is 1.78 bits per heavy atom. The van der Waals surface area contributed by atoms with Crippen LogP contribution in [0.3, 0.4) is 0 Å². The first-order chi connectivity index (χ1) is 10.8. The lowest BCUT2D eigenvalue weighted by atomic mass is 9.79. The van der Waals surface area contributed by atoms with Gasteiger partial charge in [-0.3, -0.25) is 4.79 Å². The van der Waals surface area contributed by atoms with E-state index in [-0.39, 0.29) is 30.1 Å². The number of hydrogen-bond acceptors (Lipinski definition) is 4. The maximum absolute atomic E-state index is 11.2. The van der Waals surface area contributed by atoms with Crippen molar-refractivity contribution in [2.45, 2.75) is 45.3 Å². The zero-order valence-corrected chi connectivity index (χ0v) is 14.2. The van der Waals surface area contributed by atoms with E-state index in [9.17, 15) is 4.79 Å². The van der Waals surface area contributed by atoms with E-state index in [4.69, 9.17) is 14.0 Å². The lowest BCUT2D eigenvalue weighted by Crippen LogP contribution is -2.41. The first-order valence-corrected chi connectivity index (χ1v) is 8.12. The van der Waals surface area contributed by atoms with Crippen molar-refractivity contribution in [2.75, 3.05) is 13.2 Å². The molecule has 0 radical (unpaired) electrons. The van der Waals surface area contributed by atoms with Crippen molar-refractivity contribution in [1.29, 1.82) is 0 Å². The van der Waals surface area contributed by atoms with E-state index in [2.05, 4.69) is 5.32 Å². The number of carbonyl (C=O) groups is 1. The normalized spacial score (nSPS) is 25.5. The van der Waals surface area contributed by atoms with Gasteiger partial charge < -0.3 is 19.4 Å². The maximum Gasteiger partial charge on any atom is 0.494 e. The Morgan fingerprint density at radius 3 is 2.30 bits per heavy atom. The molecule has 1 aromatic rings. The summed E-state index contributed by atoms with van der Waals surface area (Å²) in [4.78, 5) is 11.2. The largest absolute Gasteiger partial charge is 0.494 e. The Morgan fingerprint density at radius 1 is 1.17 bits per heavy atom. The minimum Gasteiger partial charge on any atom is -0.493 e. The van der Waals surface area contributed by atoms with Gasteiger partial charge >= 0.3 is 7.12 Å². The molecule has 2 saturated heterocycles. The predicted octanol–water partition coefficient (Wildman–Crippen LogP) is 1.50. The highest BCUT2D eigenvalue weighted by Gasteiger charge is 2.51. The van der Waals surface area contributed by atoms with E-state index in [0.717, 1.165) is 11.2 Å². The van der Waals surface area contributed by atoms with Gasteiger partial charge in [-0.15, -0.1) is 0 Å². The van der Waals surface area contributed by atoms with Crippen molar-refractivity contribution >= 4 is 18.5 Å². The standard InChI is InChI=1S/C17H24BNO4/c1-16(2)17(3,4)23-18(22-16)13-5-7-14(8-6-13)21-11-12-9-15(20)19-10-12/h5-8,12H,9-11H2,1-4H3,(H,19,20)/t12-/m1/s1. The zero-order valence-electron chi connectivity index (χ0n) is 14.2. The summed E-state index contributed by atoms with van der Waals surface area (Å²) < 4.78 is 17.8. The van der Waals surface area contributed by atoms with Crippen LogP contribution in [-0.2, 0) is 14.1 Å². The van der Waals surface area contributed by atoms with Crippen molar-refractivity contribution in [3.63, 3.8) is 0 Å². The number of rotatable bonds is 4. The fraction of sp³-hybridized carbons (Fsp3) is 0.588. The van der Waals surface area contributed by atoms with Gasteiger partial charge in [0.2, 0.25) is 5.91 Å². The molecule has 0 spiro atoms. The summed E-state index contributed by atoms with van der Waals surface area (Å²) in [7, 11) is -0.356. The van der Waals surface area contributed by atoms with E-state index >= 15 is 0 Å². The second-order valence-electron chi connectivity index (χ2n) is 7.34. The Bertz CT molecular complexity index is 569. The fourth-order valence-electron chi connectivity index (χ4n) is 2.70. The number of carbonyl (C=O) groups excluding carboxylic acids is 1. The summed E-state index contributed by atoms with van der Waals surface area (Å²) in [6.45, 7) is 9.42. The molecular weight excluding hydrogens is 293 g/mol. The Hall–Kier alpha value is -1.53. The molecule has 3 rings (SSSR count). The molecule has 2 fully saturated rings. The van der Waals surface area contributed by atoms with Crippen LogP contribution in [0.15, 0.2) is 24.3 Å². The molecule has 1 N–H and O–H groups in total. The molecule has 1 aromatic carbocycles. The number of amides is 1. The predicted molar refractivity (Wildman–Crippen MR) is 88.8 cm³/mol. The highest BCUT2D eigenvalue weighted by molar-refractivity contribution is 6.62. The molecule has 23 heavy (non-hydrogen) atoms. The molecule has 0 saturated carbocycles. The SMILES string of the molecule is CC1(C)OB(c2ccc(OC[C@H]3CNC(=O)C3)cc2)OC1(C)C. The summed E-state index contributed by atoms with van der Waals surface area (Å²) >= 11 is 0. The quantitative estimate of drug-likeness (QED) is 0.855. The van der Waals surface area contributed by atoms with Crippen LogP contribution in [0.5, 0.6) is 5.75 Å². The van der Waals surface area contributed by atoms with Gasteiger partial charge in [-0.1, -0.05) is 12.1 Å². The third-order valence-electron chi connectivity index (χ3n) is 4.95. The average Bonchev–Trinajstić information content (AvgIpc) is 2.98. The van der Waals surface area contributed by atoms with E-state index < -0.39 is 0 Å². The summed E-state index contributed by atoms with van der Waals surface area (Å²) in [6.07, 6.45) is 0.548. The minimum absolute atomic E-state index is 0.106. The summed E-state index contributed by atoms with van der Waals surface area (Å²) in [5.41, 5.74) is 0.303. The van der Waals surface area contributed by atoms with Gasteiger partial charge in [0, 0.05) is 18.9 Å². The van der Waals surface area contributed by atoms with Crippen LogP contribution < -0.4 is 15.5 Å². The third kappa shape index (κ3) is 3.38. The fourth-order valence-corrected chi connectivity index (χ4v) is 2.70. The van der Waals surface area contributed by atoms with E-state index in [1.54, 1.807) is 0 Å². The van der Waals surface area contributed by atoms with Crippen LogP contribution in [0.4, 0.5) is 0 Å². The molecule has 5 nitrogen and oxygen atoms in total. The lowest BCUT2D eigenvalue weighted by molar-refractivity contribution is -0.119. The van der Waals surface area contributed by atoms with Gasteiger partial charge in [0.15, 0.2) is 0 Å². The van der Waals surface area contributed by atoms with Crippen molar-refractivity contribution < 1.29 is 18.8 Å². The second kappa shape index (κ2) is 5.84. The van der Waals surface area contributed by atoms with Crippen molar-refractivity contribution in [3.8, 4) is 5.75 Å². The molecule has 1 amide bonds. The van der Waals surface area contributed by atoms with Crippen molar-refractivity contribution in [2.24, 2.45) is 5.92 Å². The maximum atomic E-state index is 11.2. The average molecular weight is 317 g/mol.